The molecule has 0 heterocycles. The number of carbonyl (C=O) groups is 1. The number of halogens is 3. The minimum atomic E-state index is -4.15. The number of nitrogens with one attached hydrogen (secondary N) is 1. The van der Waals surface area contributed by atoms with Gasteiger partial charge in [-0.15, -0.1) is 0 Å². The minimum absolute atomic E-state index is 0.00861. The Balaban J connectivity index is 1.88. The van der Waals surface area contributed by atoms with Gasteiger partial charge in [0.1, 0.15) is 0 Å². The third kappa shape index (κ3) is 2.79. The van der Waals surface area contributed by atoms with Crippen molar-refractivity contribution in [3.63, 3.8) is 0 Å². The summed E-state index contributed by atoms with van der Waals surface area (Å²) in [6, 6.07) is -0.376. The molecule has 0 aromatic carbocycles. The lowest BCUT2D eigenvalue weighted by Gasteiger charge is -2.39. The van der Waals surface area contributed by atoms with Gasteiger partial charge in [-0.2, -0.15) is 13.2 Å². The van der Waals surface area contributed by atoms with Crippen molar-refractivity contribution in [3.05, 3.63) is 0 Å². The molecule has 0 radical (unpaired) electrons. The first-order chi connectivity index (χ1) is 8.31. The smallest absolute Gasteiger partial charge is 0.352 e. The molecule has 104 valence electrons. The zero-order chi connectivity index (χ0) is 13.4. The lowest BCUT2D eigenvalue weighted by Crippen LogP contribution is -2.60. The van der Waals surface area contributed by atoms with E-state index in [0.29, 0.717) is 25.7 Å². The fourth-order valence-corrected chi connectivity index (χ4v) is 2.73. The van der Waals surface area contributed by atoms with Crippen molar-refractivity contribution in [3.8, 4) is 0 Å². The van der Waals surface area contributed by atoms with Gasteiger partial charge in [0, 0.05) is 6.04 Å². The van der Waals surface area contributed by atoms with Gasteiger partial charge in [-0.1, -0.05) is 6.42 Å². The zero-order valence-electron chi connectivity index (χ0n) is 10.2. The molecule has 2 atom stereocenters. The van der Waals surface area contributed by atoms with Crippen LogP contribution in [0.15, 0.2) is 0 Å². The molecule has 0 aliphatic heterocycles. The molecule has 0 aromatic heterocycles. The summed E-state index contributed by atoms with van der Waals surface area (Å²) in [4.78, 5) is 11.9. The monoisotopic (exact) mass is 264 g/mol. The van der Waals surface area contributed by atoms with Crippen molar-refractivity contribution in [2.75, 3.05) is 0 Å². The Kier molecular flexibility index (Phi) is 3.58. The number of hydrogen-bond acceptors (Lipinski definition) is 2. The molecule has 2 saturated carbocycles. The van der Waals surface area contributed by atoms with E-state index in [1.807, 2.05) is 0 Å². The fourth-order valence-electron chi connectivity index (χ4n) is 2.73. The van der Waals surface area contributed by atoms with E-state index < -0.39 is 17.6 Å². The maximum absolute atomic E-state index is 12.6. The van der Waals surface area contributed by atoms with Gasteiger partial charge in [-0.3, -0.25) is 4.79 Å². The number of alkyl halides is 3. The summed E-state index contributed by atoms with van der Waals surface area (Å²) in [5.41, 5.74) is 5.02. The van der Waals surface area contributed by atoms with E-state index in [1.54, 1.807) is 0 Å². The van der Waals surface area contributed by atoms with E-state index in [9.17, 15) is 18.0 Å². The van der Waals surface area contributed by atoms with Gasteiger partial charge in [0.2, 0.25) is 5.91 Å². The zero-order valence-corrected chi connectivity index (χ0v) is 10.2. The predicted molar refractivity (Wildman–Crippen MR) is 60.7 cm³/mol. The van der Waals surface area contributed by atoms with Gasteiger partial charge >= 0.3 is 6.18 Å². The first kappa shape index (κ1) is 13.6. The lowest BCUT2D eigenvalue weighted by atomic mass is 9.76. The third-order valence-electron chi connectivity index (χ3n) is 4.17. The van der Waals surface area contributed by atoms with E-state index in [-0.39, 0.29) is 24.8 Å². The average Bonchev–Trinajstić information content (AvgIpc) is 2.25. The normalized spacial score (nSPS) is 31.6. The SMILES string of the molecule is NC1(C(=O)NC2CCCC(C(F)(F)F)C2)CCC1. The summed E-state index contributed by atoms with van der Waals surface area (Å²) in [5, 5.41) is 2.70. The van der Waals surface area contributed by atoms with Crippen LogP contribution in [0.3, 0.4) is 0 Å². The molecule has 0 spiro atoms. The van der Waals surface area contributed by atoms with Crippen LogP contribution >= 0.6 is 0 Å². The molecule has 2 unspecified atom stereocenters. The second-order valence-corrected chi connectivity index (χ2v) is 5.59. The highest BCUT2D eigenvalue weighted by atomic mass is 19.4. The Hall–Kier alpha value is -0.780. The van der Waals surface area contributed by atoms with Crippen molar-refractivity contribution in [2.45, 2.75) is 62.7 Å². The molecule has 0 bridgehead atoms. The van der Waals surface area contributed by atoms with Gasteiger partial charge in [-0.25, -0.2) is 0 Å². The van der Waals surface area contributed by atoms with Crippen LogP contribution in [-0.4, -0.2) is 23.7 Å². The quantitative estimate of drug-likeness (QED) is 0.802. The minimum Gasteiger partial charge on any atom is -0.352 e. The molecule has 1 amide bonds. The highest BCUT2D eigenvalue weighted by molar-refractivity contribution is 5.87. The largest absolute Gasteiger partial charge is 0.391 e. The van der Waals surface area contributed by atoms with E-state index in [4.69, 9.17) is 5.73 Å². The van der Waals surface area contributed by atoms with Crippen LogP contribution in [-0.2, 0) is 4.79 Å². The van der Waals surface area contributed by atoms with E-state index in [2.05, 4.69) is 5.32 Å². The molecule has 6 heteroatoms. The number of hydrogen-bond donors (Lipinski definition) is 2. The van der Waals surface area contributed by atoms with Gasteiger partial charge in [0.05, 0.1) is 11.5 Å². The average molecular weight is 264 g/mol. The summed E-state index contributed by atoms with van der Waals surface area (Å²) in [6.45, 7) is 0. The van der Waals surface area contributed by atoms with Crippen LogP contribution in [0.2, 0.25) is 0 Å². The Bertz CT molecular complexity index is 326. The summed E-state index contributed by atoms with van der Waals surface area (Å²) in [5.74, 6) is -1.56. The standard InChI is InChI=1S/C12H19F3N2O/c13-12(14,15)8-3-1-4-9(7-8)17-10(18)11(16)5-2-6-11/h8-9H,1-7,16H2,(H,17,18). The molecule has 0 saturated heterocycles. The molecular formula is C12H19F3N2O. The van der Waals surface area contributed by atoms with Crippen LogP contribution in [0.4, 0.5) is 13.2 Å². The second kappa shape index (κ2) is 4.72. The Morgan fingerprint density at radius 2 is 1.89 bits per heavy atom. The molecule has 2 aliphatic rings. The summed E-state index contributed by atoms with van der Waals surface area (Å²) in [6.07, 6.45) is -0.682. The van der Waals surface area contributed by atoms with Crippen LogP contribution in [0.5, 0.6) is 0 Å². The van der Waals surface area contributed by atoms with Gasteiger partial charge in [-0.05, 0) is 38.5 Å². The maximum atomic E-state index is 12.6. The highest BCUT2D eigenvalue weighted by Crippen LogP contribution is 2.38. The Labute approximate surface area is 104 Å². The Morgan fingerprint density at radius 1 is 1.22 bits per heavy atom. The molecule has 2 aliphatic carbocycles. The molecule has 18 heavy (non-hydrogen) atoms. The molecule has 2 rings (SSSR count). The second-order valence-electron chi connectivity index (χ2n) is 5.59. The van der Waals surface area contributed by atoms with Gasteiger partial charge in [0.25, 0.3) is 0 Å². The molecule has 3 nitrogen and oxygen atoms in total. The molecule has 0 aromatic rings. The molecular weight excluding hydrogens is 245 g/mol. The van der Waals surface area contributed by atoms with Crippen LogP contribution in [0.1, 0.15) is 44.9 Å². The van der Waals surface area contributed by atoms with Crippen molar-refractivity contribution in [1.82, 2.24) is 5.32 Å². The topological polar surface area (TPSA) is 55.1 Å². The predicted octanol–water partition coefficient (Wildman–Crippen LogP) is 2.11. The van der Waals surface area contributed by atoms with Crippen LogP contribution in [0, 0.1) is 5.92 Å². The van der Waals surface area contributed by atoms with E-state index >= 15 is 0 Å². The summed E-state index contributed by atoms with van der Waals surface area (Å²) >= 11 is 0. The van der Waals surface area contributed by atoms with E-state index in [1.165, 1.54) is 0 Å². The van der Waals surface area contributed by atoms with E-state index in [0.717, 1.165) is 6.42 Å². The summed E-state index contributed by atoms with van der Waals surface area (Å²) < 4.78 is 37.9. The highest BCUT2D eigenvalue weighted by Gasteiger charge is 2.44. The maximum Gasteiger partial charge on any atom is 0.391 e. The summed E-state index contributed by atoms with van der Waals surface area (Å²) in [7, 11) is 0. The fraction of sp³-hybridized carbons (Fsp3) is 0.917. The van der Waals surface area contributed by atoms with Crippen molar-refractivity contribution in [2.24, 2.45) is 11.7 Å². The van der Waals surface area contributed by atoms with Gasteiger partial charge in [0.15, 0.2) is 0 Å². The Morgan fingerprint density at radius 3 is 2.39 bits per heavy atom. The first-order valence-corrected chi connectivity index (χ1v) is 6.48. The number of carbonyl (C=O) groups excluding carboxylic acids is 1. The third-order valence-corrected chi connectivity index (χ3v) is 4.17. The van der Waals surface area contributed by atoms with Crippen molar-refractivity contribution < 1.29 is 18.0 Å². The van der Waals surface area contributed by atoms with Crippen molar-refractivity contribution >= 4 is 5.91 Å². The molecule has 3 N–H and O–H groups in total. The number of amides is 1. The lowest BCUT2D eigenvalue weighted by molar-refractivity contribution is -0.184. The number of nitrogens with two attached hydrogens (primary N) is 1. The first-order valence-electron chi connectivity index (χ1n) is 6.48. The van der Waals surface area contributed by atoms with Crippen LogP contribution < -0.4 is 11.1 Å². The van der Waals surface area contributed by atoms with Crippen LogP contribution in [0.25, 0.3) is 0 Å². The van der Waals surface area contributed by atoms with Crippen molar-refractivity contribution in [1.29, 1.82) is 0 Å². The van der Waals surface area contributed by atoms with Gasteiger partial charge < -0.3 is 11.1 Å². The number of rotatable bonds is 2. The molecule has 2 fully saturated rings.